The van der Waals surface area contributed by atoms with Gasteiger partial charge in [-0.05, 0) is 50.9 Å². The third kappa shape index (κ3) is 2.36. The molecule has 0 spiro atoms. The highest BCUT2D eigenvalue weighted by Crippen LogP contribution is 2.55. The monoisotopic (exact) mass is 262 g/mol. The van der Waals surface area contributed by atoms with Crippen molar-refractivity contribution in [3.63, 3.8) is 0 Å². The van der Waals surface area contributed by atoms with Gasteiger partial charge in [0.15, 0.2) is 0 Å². The molecule has 0 aromatic rings. The molecule has 0 amide bonds. The van der Waals surface area contributed by atoms with Crippen molar-refractivity contribution in [3.8, 4) is 0 Å². The van der Waals surface area contributed by atoms with Crippen LogP contribution in [0.25, 0.3) is 0 Å². The standard InChI is InChI=1S/C16H22O3/c1-10(2)16(17)19-7-6-18-15-9-11-8-14(15)13-5-3-4-12(11)13/h13-15H,1,3-9H2,2H3. The molecule has 3 unspecified atom stereocenters. The Morgan fingerprint density at radius 1 is 1.37 bits per heavy atom. The Morgan fingerprint density at radius 2 is 2.21 bits per heavy atom. The van der Waals surface area contributed by atoms with Gasteiger partial charge in [-0.1, -0.05) is 17.7 Å². The summed E-state index contributed by atoms with van der Waals surface area (Å²) in [5.74, 6) is 1.20. The average molecular weight is 262 g/mol. The normalized spacial score (nSPS) is 31.7. The number of carbonyl (C=O) groups excluding carboxylic acids is 1. The van der Waals surface area contributed by atoms with Crippen molar-refractivity contribution in [2.24, 2.45) is 11.8 Å². The summed E-state index contributed by atoms with van der Waals surface area (Å²) in [7, 11) is 0. The van der Waals surface area contributed by atoms with Gasteiger partial charge in [-0.25, -0.2) is 4.79 Å². The largest absolute Gasteiger partial charge is 0.460 e. The van der Waals surface area contributed by atoms with Crippen molar-refractivity contribution in [1.82, 2.24) is 0 Å². The molecule has 0 heterocycles. The van der Waals surface area contributed by atoms with Crippen LogP contribution in [0, 0.1) is 11.8 Å². The molecule has 3 atom stereocenters. The van der Waals surface area contributed by atoms with Crippen LogP contribution in [0.1, 0.15) is 39.0 Å². The summed E-state index contributed by atoms with van der Waals surface area (Å²) in [6.07, 6.45) is 6.79. The molecule has 3 rings (SSSR count). The smallest absolute Gasteiger partial charge is 0.333 e. The summed E-state index contributed by atoms with van der Waals surface area (Å²) in [4.78, 5) is 11.2. The van der Waals surface area contributed by atoms with Crippen LogP contribution in [0.3, 0.4) is 0 Å². The Kier molecular flexibility index (Phi) is 3.48. The van der Waals surface area contributed by atoms with E-state index in [9.17, 15) is 4.79 Å². The molecular weight excluding hydrogens is 240 g/mol. The molecule has 2 saturated carbocycles. The second-order valence-electron chi connectivity index (χ2n) is 6.03. The molecule has 19 heavy (non-hydrogen) atoms. The molecule has 3 nitrogen and oxygen atoms in total. The van der Waals surface area contributed by atoms with Crippen LogP contribution >= 0.6 is 0 Å². The fraction of sp³-hybridized carbons (Fsp3) is 0.688. The van der Waals surface area contributed by atoms with Gasteiger partial charge in [-0.2, -0.15) is 0 Å². The van der Waals surface area contributed by atoms with E-state index in [0.717, 1.165) is 12.3 Å². The van der Waals surface area contributed by atoms with Crippen molar-refractivity contribution in [1.29, 1.82) is 0 Å². The minimum atomic E-state index is -0.322. The number of rotatable bonds is 5. The third-order valence-electron chi connectivity index (χ3n) is 4.78. The number of hydrogen-bond donors (Lipinski definition) is 0. The zero-order valence-electron chi connectivity index (χ0n) is 11.6. The summed E-state index contributed by atoms with van der Waals surface area (Å²) in [6.45, 7) is 6.07. The summed E-state index contributed by atoms with van der Waals surface area (Å²) in [5.41, 5.74) is 3.88. The van der Waals surface area contributed by atoms with Gasteiger partial charge in [0.05, 0.1) is 12.7 Å². The van der Waals surface area contributed by atoms with Gasteiger partial charge in [0.2, 0.25) is 0 Å². The van der Waals surface area contributed by atoms with Crippen molar-refractivity contribution in [2.45, 2.75) is 45.1 Å². The number of ether oxygens (including phenoxy) is 2. The van der Waals surface area contributed by atoms with Gasteiger partial charge in [0, 0.05) is 5.57 Å². The Morgan fingerprint density at radius 3 is 3.00 bits per heavy atom. The Hall–Kier alpha value is -1.09. The zero-order valence-corrected chi connectivity index (χ0v) is 11.6. The van der Waals surface area contributed by atoms with Gasteiger partial charge in [-0.15, -0.1) is 0 Å². The van der Waals surface area contributed by atoms with E-state index in [2.05, 4.69) is 6.58 Å². The van der Waals surface area contributed by atoms with Crippen LogP contribution in [0.5, 0.6) is 0 Å². The first kappa shape index (κ1) is 12.9. The quantitative estimate of drug-likeness (QED) is 0.331. The molecule has 3 aliphatic carbocycles. The molecule has 0 N–H and O–H groups in total. The highest BCUT2D eigenvalue weighted by Gasteiger charge is 2.47. The van der Waals surface area contributed by atoms with E-state index in [1.54, 1.807) is 18.1 Å². The van der Waals surface area contributed by atoms with Gasteiger partial charge in [0.1, 0.15) is 6.61 Å². The van der Waals surface area contributed by atoms with Gasteiger partial charge < -0.3 is 9.47 Å². The minimum Gasteiger partial charge on any atom is -0.460 e. The maximum atomic E-state index is 11.2. The molecule has 2 bridgehead atoms. The van der Waals surface area contributed by atoms with E-state index in [1.165, 1.54) is 25.7 Å². The number of hydrogen-bond acceptors (Lipinski definition) is 3. The average Bonchev–Trinajstić information content (AvgIpc) is 3.05. The van der Waals surface area contributed by atoms with Crippen LogP contribution < -0.4 is 0 Å². The third-order valence-corrected chi connectivity index (χ3v) is 4.78. The predicted octanol–water partition coefficient (Wildman–Crippen LogP) is 3.01. The second-order valence-corrected chi connectivity index (χ2v) is 6.03. The second kappa shape index (κ2) is 5.12. The van der Waals surface area contributed by atoms with E-state index in [4.69, 9.17) is 9.47 Å². The SMILES string of the molecule is C=C(C)C(=O)OCCOC1CC2=C3CCCC3C1C2. The van der Waals surface area contributed by atoms with Crippen LogP contribution in [0.15, 0.2) is 23.3 Å². The van der Waals surface area contributed by atoms with Gasteiger partial charge in [-0.3, -0.25) is 0 Å². The molecule has 0 radical (unpaired) electrons. The number of fused-ring (bicyclic) bond motifs is 4. The summed E-state index contributed by atoms with van der Waals surface area (Å²) in [6, 6.07) is 0. The number of esters is 1. The lowest BCUT2D eigenvalue weighted by molar-refractivity contribution is -0.141. The van der Waals surface area contributed by atoms with Crippen LogP contribution in [0.4, 0.5) is 0 Å². The zero-order chi connectivity index (χ0) is 13.4. The van der Waals surface area contributed by atoms with E-state index in [0.29, 0.717) is 30.8 Å². The predicted molar refractivity (Wildman–Crippen MR) is 72.6 cm³/mol. The van der Waals surface area contributed by atoms with Crippen molar-refractivity contribution in [3.05, 3.63) is 23.3 Å². The van der Waals surface area contributed by atoms with E-state index >= 15 is 0 Å². The fourth-order valence-electron chi connectivity index (χ4n) is 3.98. The van der Waals surface area contributed by atoms with Crippen molar-refractivity contribution in [2.75, 3.05) is 13.2 Å². The van der Waals surface area contributed by atoms with E-state index < -0.39 is 0 Å². The molecule has 0 saturated heterocycles. The maximum absolute atomic E-state index is 11.2. The topological polar surface area (TPSA) is 35.5 Å². The van der Waals surface area contributed by atoms with Crippen LogP contribution in [-0.2, 0) is 14.3 Å². The fourth-order valence-corrected chi connectivity index (χ4v) is 3.98. The van der Waals surface area contributed by atoms with E-state index in [-0.39, 0.29) is 5.97 Å². The first-order valence-electron chi connectivity index (χ1n) is 7.32. The first-order chi connectivity index (χ1) is 9.16. The Labute approximate surface area is 114 Å². The minimum absolute atomic E-state index is 0.322. The lowest BCUT2D eigenvalue weighted by Gasteiger charge is -2.27. The molecular formula is C16H22O3. The Balaban J connectivity index is 1.44. The molecule has 3 heteroatoms. The highest BCUT2D eigenvalue weighted by atomic mass is 16.6. The van der Waals surface area contributed by atoms with Gasteiger partial charge in [0.25, 0.3) is 0 Å². The summed E-state index contributed by atoms with van der Waals surface area (Å²) < 4.78 is 11.0. The summed E-state index contributed by atoms with van der Waals surface area (Å²) >= 11 is 0. The number of carbonyl (C=O) groups is 1. The molecule has 104 valence electrons. The highest BCUT2D eigenvalue weighted by molar-refractivity contribution is 5.86. The van der Waals surface area contributed by atoms with Crippen molar-refractivity contribution >= 4 is 5.97 Å². The van der Waals surface area contributed by atoms with Gasteiger partial charge >= 0.3 is 5.97 Å². The Bertz CT molecular complexity index is 435. The van der Waals surface area contributed by atoms with Crippen LogP contribution in [-0.4, -0.2) is 25.3 Å². The molecule has 0 aromatic carbocycles. The molecule has 3 aliphatic rings. The van der Waals surface area contributed by atoms with Crippen molar-refractivity contribution < 1.29 is 14.3 Å². The number of allylic oxidation sites excluding steroid dienone is 1. The summed E-state index contributed by atoms with van der Waals surface area (Å²) in [5, 5.41) is 0. The molecule has 0 aromatic heterocycles. The molecule has 0 aliphatic heterocycles. The molecule has 2 fully saturated rings. The maximum Gasteiger partial charge on any atom is 0.333 e. The lowest BCUT2D eigenvalue weighted by atomic mass is 9.86. The first-order valence-corrected chi connectivity index (χ1v) is 7.32. The van der Waals surface area contributed by atoms with E-state index in [1.807, 2.05) is 0 Å². The lowest BCUT2D eigenvalue weighted by Crippen LogP contribution is -2.27. The van der Waals surface area contributed by atoms with Crippen LogP contribution in [0.2, 0.25) is 0 Å².